The van der Waals surface area contributed by atoms with Crippen molar-refractivity contribution in [1.82, 2.24) is 14.8 Å². The fourth-order valence-electron chi connectivity index (χ4n) is 1.28. The SMILES string of the molecule is C/C=C\C(C)n1nc(C)nc1C. The van der Waals surface area contributed by atoms with Gasteiger partial charge in [0.05, 0.1) is 6.04 Å². The summed E-state index contributed by atoms with van der Waals surface area (Å²) in [5.41, 5.74) is 0. The summed E-state index contributed by atoms with van der Waals surface area (Å²) in [6.45, 7) is 7.99. The van der Waals surface area contributed by atoms with Crippen molar-refractivity contribution in [3.63, 3.8) is 0 Å². The number of nitrogens with zero attached hydrogens (tertiary/aromatic N) is 3. The largest absolute Gasteiger partial charge is 0.244 e. The fraction of sp³-hybridized carbons (Fsp3) is 0.556. The molecule has 1 heterocycles. The monoisotopic (exact) mass is 165 g/mol. The highest BCUT2D eigenvalue weighted by molar-refractivity contribution is 4.95. The fourth-order valence-corrected chi connectivity index (χ4v) is 1.28. The molecule has 0 amide bonds. The molecular weight excluding hydrogens is 150 g/mol. The van der Waals surface area contributed by atoms with Crippen LogP contribution in [0.5, 0.6) is 0 Å². The summed E-state index contributed by atoms with van der Waals surface area (Å²) in [6.07, 6.45) is 4.13. The quantitative estimate of drug-likeness (QED) is 0.628. The third-order valence-electron chi connectivity index (χ3n) is 1.76. The van der Waals surface area contributed by atoms with Crippen LogP contribution in [0.15, 0.2) is 12.2 Å². The van der Waals surface area contributed by atoms with Crippen molar-refractivity contribution < 1.29 is 0 Å². The summed E-state index contributed by atoms with van der Waals surface area (Å²) in [6, 6.07) is 0.302. The van der Waals surface area contributed by atoms with Crippen LogP contribution in [0.2, 0.25) is 0 Å². The lowest BCUT2D eigenvalue weighted by Crippen LogP contribution is -2.06. The number of rotatable bonds is 2. The lowest BCUT2D eigenvalue weighted by molar-refractivity contribution is 0.558. The van der Waals surface area contributed by atoms with Crippen molar-refractivity contribution in [2.24, 2.45) is 0 Å². The predicted octanol–water partition coefficient (Wildman–Crippen LogP) is 2.03. The Hall–Kier alpha value is -1.12. The topological polar surface area (TPSA) is 30.7 Å². The Labute approximate surface area is 73.1 Å². The van der Waals surface area contributed by atoms with Crippen molar-refractivity contribution in [1.29, 1.82) is 0 Å². The lowest BCUT2D eigenvalue weighted by atomic mass is 10.3. The average molecular weight is 165 g/mol. The number of hydrogen-bond acceptors (Lipinski definition) is 2. The van der Waals surface area contributed by atoms with Gasteiger partial charge in [-0.15, -0.1) is 0 Å². The molecule has 3 heteroatoms. The molecule has 66 valence electrons. The highest BCUT2D eigenvalue weighted by Crippen LogP contribution is 2.08. The van der Waals surface area contributed by atoms with Crippen LogP contribution in [0.1, 0.15) is 31.5 Å². The maximum Gasteiger partial charge on any atom is 0.147 e. The number of allylic oxidation sites excluding steroid dienone is 2. The van der Waals surface area contributed by atoms with E-state index < -0.39 is 0 Å². The van der Waals surface area contributed by atoms with Gasteiger partial charge >= 0.3 is 0 Å². The molecule has 0 aliphatic carbocycles. The molecule has 0 aliphatic heterocycles. The van der Waals surface area contributed by atoms with Gasteiger partial charge in [-0.3, -0.25) is 0 Å². The Kier molecular flexibility index (Phi) is 2.63. The molecule has 0 saturated carbocycles. The zero-order valence-corrected chi connectivity index (χ0v) is 8.07. The van der Waals surface area contributed by atoms with Gasteiger partial charge in [-0.2, -0.15) is 5.10 Å². The van der Waals surface area contributed by atoms with Crippen LogP contribution in [0.4, 0.5) is 0 Å². The van der Waals surface area contributed by atoms with Crippen molar-refractivity contribution >= 4 is 0 Å². The molecule has 0 saturated heterocycles. The van der Waals surface area contributed by atoms with Crippen LogP contribution in [-0.4, -0.2) is 14.8 Å². The summed E-state index contributed by atoms with van der Waals surface area (Å²) in [4.78, 5) is 4.23. The highest BCUT2D eigenvalue weighted by atomic mass is 15.4. The van der Waals surface area contributed by atoms with Gasteiger partial charge in [-0.1, -0.05) is 12.2 Å². The minimum atomic E-state index is 0.302. The van der Waals surface area contributed by atoms with Crippen molar-refractivity contribution in [3.8, 4) is 0 Å². The Morgan fingerprint density at radius 1 is 1.42 bits per heavy atom. The third-order valence-corrected chi connectivity index (χ3v) is 1.76. The summed E-state index contributed by atoms with van der Waals surface area (Å²) < 4.78 is 1.93. The van der Waals surface area contributed by atoms with E-state index in [4.69, 9.17) is 0 Å². The molecule has 1 aromatic rings. The van der Waals surface area contributed by atoms with Gasteiger partial charge in [0.1, 0.15) is 11.6 Å². The Morgan fingerprint density at radius 2 is 2.08 bits per heavy atom. The summed E-state index contributed by atoms with van der Waals surface area (Å²) in [7, 11) is 0. The Bertz CT molecular complexity index is 286. The van der Waals surface area contributed by atoms with Gasteiger partial charge < -0.3 is 0 Å². The highest BCUT2D eigenvalue weighted by Gasteiger charge is 2.06. The van der Waals surface area contributed by atoms with E-state index in [0.717, 1.165) is 11.6 Å². The maximum atomic E-state index is 4.28. The lowest BCUT2D eigenvalue weighted by Gasteiger charge is -2.07. The zero-order valence-electron chi connectivity index (χ0n) is 8.07. The second-order valence-electron chi connectivity index (χ2n) is 2.92. The minimum absolute atomic E-state index is 0.302. The van der Waals surface area contributed by atoms with Gasteiger partial charge in [-0.25, -0.2) is 9.67 Å². The molecular formula is C9H15N3. The molecule has 1 unspecified atom stereocenters. The third kappa shape index (κ3) is 1.72. The molecule has 0 N–H and O–H groups in total. The van der Waals surface area contributed by atoms with Crippen molar-refractivity contribution in [2.75, 3.05) is 0 Å². The first-order valence-electron chi connectivity index (χ1n) is 4.17. The van der Waals surface area contributed by atoms with Crippen LogP contribution in [0, 0.1) is 13.8 Å². The first-order valence-corrected chi connectivity index (χ1v) is 4.17. The van der Waals surface area contributed by atoms with E-state index in [0.29, 0.717) is 6.04 Å². The van der Waals surface area contributed by atoms with Gasteiger partial charge in [0.25, 0.3) is 0 Å². The Morgan fingerprint density at radius 3 is 2.50 bits per heavy atom. The summed E-state index contributed by atoms with van der Waals surface area (Å²) in [5, 5.41) is 4.28. The zero-order chi connectivity index (χ0) is 9.14. The molecule has 0 aliphatic rings. The minimum Gasteiger partial charge on any atom is -0.244 e. The van der Waals surface area contributed by atoms with Crippen LogP contribution in [0.25, 0.3) is 0 Å². The molecule has 0 fully saturated rings. The second-order valence-corrected chi connectivity index (χ2v) is 2.92. The summed E-state index contributed by atoms with van der Waals surface area (Å²) in [5.74, 6) is 1.81. The van der Waals surface area contributed by atoms with Crippen LogP contribution >= 0.6 is 0 Å². The van der Waals surface area contributed by atoms with E-state index in [1.54, 1.807) is 0 Å². The van der Waals surface area contributed by atoms with E-state index in [2.05, 4.69) is 23.1 Å². The molecule has 12 heavy (non-hydrogen) atoms. The summed E-state index contributed by atoms with van der Waals surface area (Å²) >= 11 is 0. The maximum absolute atomic E-state index is 4.28. The van der Waals surface area contributed by atoms with Crippen LogP contribution in [-0.2, 0) is 0 Å². The van der Waals surface area contributed by atoms with Gasteiger partial charge in [-0.05, 0) is 27.7 Å². The van der Waals surface area contributed by atoms with E-state index in [1.807, 2.05) is 31.5 Å². The smallest absolute Gasteiger partial charge is 0.147 e. The second kappa shape index (κ2) is 3.52. The van der Waals surface area contributed by atoms with E-state index in [1.165, 1.54) is 0 Å². The normalized spacial score (nSPS) is 14.0. The molecule has 1 atom stereocenters. The predicted molar refractivity (Wildman–Crippen MR) is 49.0 cm³/mol. The van der Waals surface area contributed by atoms with Crippen molar-refractivity contribution in [3.05, 3.63) is 23.8 Å². The van der Waals surface area contributed by atoms with Crippen LogP contribution < -0.4 is 0 Å². The van der Waals surface area contributed by atoms with Gasteiger partial charge in [0, 0.05) is 0 Å². The van der Waals surface area contributed by atoms with Crippen LogP contribution in [0.3, 0.4) is 0 Å². The number of aromatic nitrogens is 3. The average Bonchev–Trinajstić information content (AvgIpc) is 2.30. The molecule has 0 bridgehead atoms. The molecule has 0 radical (unpaired) electrons. The van der Waals surface area contributed by atoms with Gasteiger partial charge in [0.15, 0.2) is 0 Å². The molecule has 0 aromatic carbocycles. The van der Waals surface area contributed by atoms with E-state index >= 15 is 0 Å². The molecule has 0 spiro atoms. The number of hydrogen-bond donors (Lipinski definition) is 0. The standard InChI is InChI=1S/C9H15N3/c1-5-6-7(2)12-9(4)10-8(3)11-12/h5-7H,1-4H3/b6-5-. The molecule has 1 rings (SSSR count). The van der Waals surface area contributed by atoms with E-state index in [-0.39, 0.29) is 0 Å². The van der Waals surface area contributed by atoms with E-state index in [9.17, 15) is 0 Å². The number of aryl methyl sites for hydroxylation is 2. The molecule has 3 nitrogen and oxygen atoms in total. The van der Waals surface area contributed by atoms with Crippen molar-refractivity contribution in [2.45, 2.75) is 33.7 Å². The Balaban J connectivity index is 2.93. The first kappa shape index (κ1) is 8.97. The molecule has 1 aromatic heterocycles. The first-order chi connectivity index (χ1) is 5.65. The van der Waals surface area contributed by atoms with Gasteiger partial charge in [0.2, 0.25) is 0 Å².